The van der Waals surface area contributed by atoms with Crippen molar-refractivity contribution in [1.29, 1.82) is 0 Å². The van der Waals surface area contributed by atoms with Crippen LogP contribution in [0.15, 0.2) is 42.5 Å². The van der Waals surface area contributed by atoms with Gasteiger partial charge in [0.1, 0.15) is 17.5 Å². The first kappa shape index (κ1) is 19.5. The third-order valence-corrected chi connectivity index (χ3v) is 3.84. The summed E-state index contributed by atoms with van der Waals surface area (Å²) in [5, 5.41) is 5.35. The van der Waals surface area contributed by atoms with Crippen molar-refractivity contribution in [3.63, 3.8) is 0 Å². The van der Waals surface area contributed by atoms with Gasteiger partial charge in [-0.3, -0.25) is 9.48 Å². The molecule has 1 aromatic heterocycles. The molecule has 0 fully saturated rings. The number of hydrogen-bond donors (Lipinski definition) is 1. The number of carbonyl (C=O) groups excluding carboxylic acids is 1. The standard InChI is InChI=1S/C18H11F6N3O/c1-27-14(8-15(26-27)18(22,23)24)16-12(20)6-9(7-13(16)21)25-17(28)10-4-2-3-5-11(10)19/h2-8H,1H3,(H,25,28). The molecule has 0 saturated heterocycles. The van der Waals surface area contributed by atoms with Gasteiger partial charge in [0.05, 0.1) is 16.8 Å². The zero-order chi connectivity index (χ0) is 20.6. The van der Waals surface area contributed by atoms with Gasteiger partial charge >= 0.3 is 6.18 Å². The average Bonchev–Trinajstić information content (AvgIpc) is 2.96. The number of aryl methyl sites for hydroxylation is 1. The van der Waals surface area contributed by atoms with Crippen LogP contribution in [-0.2, 0) is 13.2 Å². The molecule has 146 valence electrons. The molecule has 0 spiro atoms. The lowest BCUT2D eigenvalue weighted by molar-refractivity contribution is -0.141. The van der Waals surface area contributed by atoms with E-state index in [9.17, 15) is 31.1 Å². The van der Waals surface area contributed by atoms with Crippen LogP contribution in [0.25, 0.3) is 11.3 Å². The number of nitrogens with zero attached hydrogens (tertiary/aromatic N) is 2. The molecule has 0 radical (unpaired) electrons. The molecule has 1 heterocycles. The zero-order valence-electron chi connectivity index (χ0n) is 14.1. The van der Waals surface area contributed by atoms with Crippen molar-refractivity contribution >= 4 is 11.6 Å². The molecule has 0 bridgehead atoms. The molecule has 3 aromatic rings. The minimum absolute atomic E-state index is 0.329. The van der Waals surface area contributed by atoms with Gasteiger partial charge in [-0.25, -0.2) is 13.2 Å². The molecule has 1 N–H and O–H groups in total. The van der Waals surface area contributed by atoms with Gasteiger partial charge in [0, 0.05) is 12.7 Å². The van der Waals surface area contributed by atoms with Crippen molar-refractivity contribution in [3.05, 3.63) is 71.2 Å². The maximum atomic E-state index is 14.4. The Bertz CT molecular complexity index is 1030. The van der Waals surface area contributed by atoms with Crippen LogP contribution in [0.5, 0.6) is 0 Å². The summed E-state index contributed by atoms with van der Waals surface area (Å²) in [6.45, 7) is 0. The summed E-state index contributed by atoms with van der Waals surface area (Å²) in [5.74, 6) is -4.21. The number of halogens is 6. The Morgan fingerprint density at radius 3 is 2.14 bits per heavy atom. The highest BCUT2D eigenvalue weighted by Crippen LogP contribution is 2.34. The quantitative estimate of drug-likeness (QED) is 0.645. The predicted molar refractivity (Wildman–Crippen MR) is 87.9 cm³/mol. The van der Waals surface area contributed by atoms with Crippen molar-refractivity contribution in [2.75, 3.05) is 5.32 Å². The first-order valence-corrected chi connectivity index (χ1v) is 7.74. The number of anilines is 1. The van der Waals surface area contributed by atoms with E-state index in [1.54, 1.807) is 0 Å². The van der Waals surface area contributed by atoms with Crippen LogP contribution < -0.4 is 5.32 Å². The zero-order valence-corrected chi connectivity index (χ0v) is 14.1. The van der Waals surface area contributed by atoms with Crippen LogP contribution in [0, 0.1) is 17.5 Å². The molecule has 0 unspecified atom stereocenters. The molecule has 0 aliphatic heterocycles. The van der Waals surface area contributed by atoms with Crippen molar-refractivity contribution in [2.24, 2.45) is 7.05 Å². The topological polar surface area (TPSA) is 46.9 Å². The molecule has 0 atom stereocenters. The third kappa shape index (κ3) is 3.71. The van der Waals surface area contributed by atoms with Crippen molar-refractivity contribution in [3.8, 4) is 11.3 Å². The van der Waals surface area contributed by atoms with E-state index < -0.39 is 46.5 Å². The molecular weight excluding hydrogens is 388 g/mol. The minimum Gasteiger partial charge on any atom is -0.322 e. The molecule has 0 saturated carbocycles. The van der Waals surface area contributed by atoms with E-state index in [0.717, 1.165) is 25.2 Å². The second-order valence-corrected chi connectivity index (χ2v) is 5.79. The number of carbonyl (C=O) groups is 1. The van der Waals surface area contributed by atoms with Crippen LogP contribution >= 0.6 is 0 Å². The monoisotopic (exact) mass is 399 g/mol. The molecule has 0 aliphatic carbocycles. The van der Waals surface area contributed by atoms with Gasteiger partial charge in [-0.05, 0) is 30.3 Å². The first-order chi connectivity index (χ1) is 13.1. The number of rotatable bonds is 3. The summed E-state index contributed by atoms with van der Waals surface area (Å²) in [4.78, 5) is 12.0. The fourth-order valence-corrected chi connectivity index (χ4v) is 2.57. The van der Waals surface area contributed by atoms with Gasteiger partial charge in [-0.2, -0.15) is 18.3 Å². The normalized spacial score (nSPS) is 11.5. The summed E-state index contributed by atoms with van der Waals surface area (Å²) < 4.78 is 81.4. The van der Waals surface area contributed by atoms with Crippen LogP contribution in [-0.4, -0.2) is 15.7 Å². The summed E-state index contributed by atoms with van der Waals surface area (Å²) in [6.07, 6.45) is -4.78. The SMILES string of the molecule is Cn1nc(C(F)(F)F)cc1-c1c(F)cc(NC(=O)c2ccccc2F)cc1F. The van der Waals surface area contributed by atoms with E-state index in [2.05, 4.69) is 10.4 Å². The van der Waals surface area contributed by atoms with Crippen molar-refractivity contribution in [1.82, 2.24) is 9.78 Å². The number of amides is 1. The van der Waals surface area contributed by atoms with Gasteiger partial charge in [-0.1, -0.05) is 12.1 Å². The highest BCUT2D eigenvalue weighted by atomic mass is 19.4. The second kappa shape index (κ2) is 7.02. The highest BCUT2D eigenvalue weighted by molar-refractivity contribution is 6.04. The first-order valence-electron chi connectivity index (χ1n) is 7.74. The van der Waals surface area contributed by atoms with Gasteiger partial charge < -0.3 is 5.32 Å². The Kier molecular flexibility index (Phi) is 4.88. The number of benzene rings is 2. The van der Waals surface area contributed by atoms with E-state index in [1.807, 2.05) is 0 Å². The summed E-state index contributed by atoms with van der Waals surface area (Å²) in [5.41, 5.74) is -3.15. The Morgan fingerprint density at radius 2 is 1.61 bits per heavy atom. The molecule has 1 amide bonds. The van der Waals surface area contributed by atoms with Crippen LogP contribution in [0.1, 0.15) is 16.1 Å². The number of alkyl halides is 3. The molecule has 2 aromatic carbocycles. The van der Waals surface area contributed by atoms with Crippen molar-refractivity contribution in [2.45, 2.75) is 6.18 Å². The number of nitrogens with one attached hydrogen (secondary N) is 1. The summed E-state index contributed by atoms with van der Waals surface area (Å²) in [6, 6.07) is 6.94. The second-order valence-electron chi connectivity index (χ2n) is 5.79. The van der Waals surface area contributed by atoms with Gasteiger partial charge in [0.15, 0.2) is 5.69 Å². The Labute approximate surface area is 154 Å². The van der Waals surface area contributed by atoms with Crippen LogP contribution in [0.3, 0.4) is 0 Å². The van der Waals surface area contributed by atoms with Crippen LogP contribution in [0.4, 0.5) is 32.0 Å². The fourth-order valence-electron chi connectivity index (χ4n) is 2.57. The smallest absolute Gasteiger partial charge is 0.322 e. The number of aromatic nitrogens is 2. The van der Waals surface area contributed by atoms with Crippen molar-refractivity contribution < 1.29 is 31.1 Å². The predicted octanol–water partition coefficient (Wildman–Crippen LogP) is 4.78. The third-order valence-electron chi connectivity index (χ3n) is 3.84. The molecular formula is C18H11F6N3O. The van der Waals surface area contributed by atoms with E-state index in [1.165, 1.54) is 18.2 Å². The maximum absolute atomic E-state index is 14.4. The summed E-state index contributed by atoms with van der Waals surface area (Å²) in [7, 11) is 1.11. The Morgan fingerprint density at radius 1 is 1.00 bits per heavy atom. The number of hydrogen-bond acceptors (Lipinski definition) is 2. The lowest BCUT2D eigenvalue weighted by atomic mass is 10.1. The highest BCUT2D eigenvalue weighted by Gasteiger charge is 2.35. The lowest BCUT2D eigenvalue weighted by Gasteiger charge is -2.10. The average molecular weight is 399 g/mol. The van der Waals surface area contributed by atoms with Gasteiger partial charge in [0.25, 0.3) is 5.91 Å². The summed E-state index contributed by atoms with van der Waals surface area (Å²) >= 11 is 0. The largest absolute Gasteiger partial charge is 0.435 e. The molecule has 28 heavy (non-hydrogen) atoms. The lowest BCUT2D eigenvalue weighted by Crippen LogP contribution is -2.14. The molecule has 0 aliphatic rings. The van der Waals surface area contributed by atoms with E-state index in [-0.39, 0.29) is 11.3 Å². The van der Waals surface area contributed by atoms with E-state index in [4.69, 9.17) is 0 Å². The Balaban J connectivity index is 1.95. The minimum atomic E-state index is -4.78. The fraction of sp³-hybridized carbons (Fsp3) is 0.111. The van der Waals surface area contributed by atoms with Gasteiger partial charge in [0.2, 0.25) is 0 Å². The van der Waals surface area contributed by atoms with E-state index in [0.29, 0.717) is 10.7 Å². The van der Waals surface area contributed by atoms with Gasteiger partial charge in [-0.15, -0.1) is 0 Å². The molecule has 3 rings (SSSR count). The molecule has 10 heteroatoms. The Hall–Kier alpha value is -3.30. The van der Waals surface area contributed by atoms with E-state index >= 15 is 0 Å². The maximum Gasteiger partial charge on any atom is 0.435 e. The van der Waals surface area contributed by atoms with Crippen LogP contribution in [0.2, 0.25) is 0 Å². The molecule has 4 nitrogen and oxygen atoms in total.